The Morgan fingerprint density at radius 3 is 2.17 bits per heavy atom. The summed E-state index contributed by atoms with van der Waals surface area (Å²) in [7, 11) is 0. The van der Waals surface area contributed by atoms with Gasteiger partial charge in [-0.25, -0.2) is 0 Å². The second-order valence-corrected chi connectivity index (χ2v) is 10.3. The van der Waals surface area contributed by atoms with E-state index in [9.17, 15) is 4.79 Å². The second-order valence-electron chi connectivity index (χ2n) is 7.89. The van der Waals surface area contributed by atoms with E-state index in [4.69, 9.17) is 11.6 Å². The van der Waals surface area contributed by atoms with Crippen molar-refractivity contribution < 1.29 is 4.79 Å². The molecule has 0 bridgehead atoms. The van der Waals surface area contributed by atoms with Crippen molar-refractivity contribution in [2.45, 2.75) is 14.9 Å². The van der Waals surface area contributed by atoms with Crippen molar-refractivity contribution in [3.05, 3.63) is 102 Å². The Morgan fingerprint density at radius 2 is 1.50 bits per heavy atom. The minimum atomic E-state index is -0.0446. The topological polar surface area (TPSA) is 63.9 Å². The summed E-state index contributed by atoms with van der Waals surface area (Å²) in [6.07, 6.45) is 3.44. The molecule has 0 radical (unpaired) electrons. The number of hydrogen-bond donors (Lipinski definition) is 0. The van der Waals surface area contributed by atoms with Gasteiger partial charge in [0.25, 0.3) is 0 Å². The lowest BCUT2D eigenvalue weighted by Gasteiger charge is -2.30. The Bertz CT molecular complexity index is 1530. The van der Waals surface area contributed by atoms with Gasteiger partial charge in [0.05, 0.1) is 27.8 Å². The summed E-state index contributed by atoms with van der Waals surface area (Å²) in [5, 5.41) is 10.00. The Kier molecular flexibility index (Phi) is 6.23. The predicted molar refractivity (Wildman–Crippen MR) is 144 cm³/mol. The van der Waals surface area contributed by atoms with Crippen molar-refractivity contribution in [1.82, 2.24) is 19.7 Å². The van der Waals surface area contributed by atoms with Crippen LogP contribution in [0.25, 0.3) is 17.1 Å². The zero-order chi connectivity index (χ0) is 24.5. The van der Waals surface area contributed by atoms with Gasteiger partial charge in [-0.3, -0.25) is 19.2 Å². The van der Waals surface area contributed by atoms with E-state index in [1.807, 2.05) is 89.5 Å². The van der Waals surface area contributed by atoms with Crippen molar-refractivity contribution in [1.29, 1.82) is 0 Å². The maximum atomic E-state index is 13.7. The fourth-order valence-corrected chi connectivity index (χ4v) is 6.13. The number of nitrogens with zero attached hydrogens (tertiary/aromatic N) is 5. The molecule has 0 spiro atoms. The minimum absolute atomic E-state index is 0.0446. The van der Waals surface area contributed by atoms with Gasteiger partial charge in [-0.05, 0) is 48.5 Å². The van der Waals surface area contributed by atoms with Gasteiger partial charge >= 0.3 is 0 Å². The maximum Gasteiger partial charge on any atom is 0.242 e. The number of benzene rings is 3. The summed E-state index contributed by atoms with van der Waals surface area (Å²) >= 11 is 9.57. The molecule has 0 saturated heterocycles. The third kappa shape index (κ3) is 4.17. The highest BCUT2D eigenvalue weighted by molar-refractivity contribution is 8.00. The van der Waals surface area contributed by atoms with Crippen LogP contribution in [0.4, 0.5) is 11.4 Å². The number of carbonyl (C=O) groups is 1. The number of carbonyl (C=O) groups excluding carboxylic acids is 1. The van der Waals surface area contributed by atoms with Crippen LogP contribution in [0.1, 0.15) is 0 Å². The number of thioether (sulfide) groups is 1. The largest absolute Gasteiger partial charge is 0.278 e. The van der Waals surface area contributed by atoms with Crippen molar-refractivity contribution in [3.8, 4) is 17.1 Å². The zero-order valence-corrected chi connectivity index (χ0v) is 21.2. The van der Waals surface area contributed by atoms with Crippen LogP contribution in [0, 0.1) is 0 Å². The monoisotopic (exact) mass is 527 g/mol. The van der Waals surface area contributed by atoms with E-state index in [1.165, 1.54) is 11.8 Å². The van der Waals surface area contributed by atoms with Crippen LogP contribution in [0.3, 0.4) is 0 Å². The third-order valence-corrected chi connectivity index (χ3v) is 8.02. The van der Waals surface area contributed by atoms with E-state index in [2.05, 4.69) is 15.2 Å². The van der Waals surface area contributed by atoms with Gasteiger partial charge in [0.1, 0.15) is 0 Å². The second kappa shape index (κ2) is 9.81. The lowest BCUT2D eigenvalue weighted by molar-refractivity contribution is -0.115. The first-order valence-corrected chi connectivity index (χ1v) is 13.3. The van der Waals surface area contributed by atoms with Crippen molar-refractivity contribution in [3.63, 3.8) is 0 Å². The van der Waals surface area contributed by atoms with Gasteiger partial charge in [-0.1, -0.05) is 71.5 Å². The number of amides is 1. The number of aromatic nitrogens is 4. The van der Waals surface area contributed by atoms with Crippen LogP contribution in [0.5, 0.6) is 0 Å². The van der Waals surface area contributed by atoms with E-state index in [0.29, 0.717) is 16.0 Å². The van der Waals surface area contributed by atoms with Crippen LogP contribution in [0.2, 0.25) is 5.02 Å². The number of anilines is 2. The summed E-state index contributed by atoms with van der Waals surface area (Å²) < 4.78 is 1.88. The van der Waals surface area contributed by atoms with E-state index in [1.54, 1.807) is 29.1 Å². The quantitative estimate of drug-likeness (QED) is 0.231. The molecule has 36 heavy (non-hydrogen) atoms. The molecule has 1 amide bonds. The molecule has 5 aromatic rings. The average Bonchev–Trinajstić information content (AvgIpc) is 3.34. The van der Waals surface area contributed by atoms with E-state index in [-0.39, 0.29) is 11.7 Å². The Hall–Kier alpha value is -3.59. The summed E-state index contributed by atoms with van der Waals surface area (Å²) in [6, 6.07) is 27.2. The van der Waals surface area contributed by atoms with E-state index in [0.717, 1.165) is 32.4 Å². The Morgan fingerprint density at radius 1 is 0.833 bits per heavy atom. The summed E-state index contributed by atoms with van der Waals surface area (Å²) in [5.41, 5.74) is 3.31. The first-order valence-electron chi connectivity index (χ1n) is 11.1. The molecule has 0 N–H and O–H groups in total. The highest BCUT2D eigenvalue weighted by Gasteiger charge is 2.28. The summed E-state index contributed by atoms with van der Waals surface area (Å²) in [5.74, 6) is 0.733. The molecular formula is C27H18ClN5OS2. The molecular weight excluding hydrogens is 510 g/mol. The Labute approximate surface area is 221 Å². The first kappa shape index (κ1) is 22.8. The van der Waals surface area contributed by atoms with Crippen molar-refractivity contribution in [2.75, 3.05) is 10.7 Å². The zero-order valence-electron chi connectivity index (χ0n) is 18.8. The maximum absolute atomic E-state index is 13.7. The molecule has 1 aliphatic rings. The highest BCUT2D eigenvalue weighted by atomic mass is 35.5. The highest BCUT2D eigenvalue weighted by Crippen LogP contribution is 2.48. The van der Waals surface area contributed by atoms with Gasteiger partial charge in [0.15, 0.2) is 11.0 Å². The van der Waals surface area contributed by atoms with Gasteiger partial charge < -0.3 is 0 Å². The number of hydrogen-bond acceptors (Lipinski definition) is 6. The lowest BCUT2D eigenvalue weighted by Crippen LogP contribution is -2.30. The number of rotatable bonds is 5. The molecule has 9 heteroatoms. The van der Waals surface area contributed by atoms with Crippen LogP contribution in [-0.2, 0) is 4.79 Å². The van der Waals surface area contributed by atoms with Gasteiger partial charge in [0.2, 0.25) is 5.91 Å². The van der Waals surface area contributed by atoms with Gasteiger partial charge in [0, 0.05) is 27.7 Å². The lowest BCUT2D eigenvalue weighted by atomic mass is 10.2. The minimum Gasteiger partial charge on any atom is -0.278 e. The van der Waals surface area contributed by atoms with E-state index >= 15 is 0 Å². The molecule has 6 nitrogen and oxygen atoms in total. The van der Waals surface area contributed by atoms with Crippen molar-refractivity contribution in [2.24, 2.45) is 0 Å². The number of halogens is 1. The number of pyridine rings is 1. The van der Waals surface area contributed by atoms with E-state index < -0.39 is 0 Å². The molecule has 0 aliphatic carbocycles. The predicted octanol–water partition coefficient (Wildman–Crippen LogP) is 6.90. The fourth-order valence-electron chi connectivity index (χ4n) is 4.06. The first-order chi connectivity index (χ1) is 17.7. The summed E-state index contributed by atoms with van der Waals surface area (Å²) in [4.78, 5) is 21.8. The number of fused-ring (bicyclic) bond motifs is 2. The van der Waals surface area contributed by atoms with Crippen molar-refractivity contribution >= 4 is 52.4 Å². The smallest absolute Gasteiger partial charge is 0.242 e. The Balaban J connectivity index is 1.36. The van der Waals surface area contributed by atoms with Crippen LogP contribution >= 0.6 is 35.1 Å². The SMILES string of the molecule is O=C(CSc1nnc(-c2cccnc2)n1-c1ccccc1Cl)N1c2ccccc2Sc2ccccc21. The van der Waals surface area contributed by atoms with Crippen LogP contribution in [0.15, 0.2) is 112 Å². The van der Waals surface area contributed by atoms with Gasteiger partial charge in [-0.15, -0.1) is 10.2 Å². The number of para-hydroxylation sites is 3. The molecule has 0 saturated carbocycles. The molecule has 2 aromatic heterocycles. The summed E-state index contributed by atoms with van der Waals surface area (Å²) in [6.45, 7) is 0. The standard InChI is InChI=1S/C27H18ClN5OS2/c28-19-9-1-2-10-20(19)33-26(18-8-7-15-29-16-18)30-31-27(33)35-17-25(34)32-21-11-3-5-13-23(21)36-24-14-6-4-12-22(24)32/h1-16H,17H2. The molecule has 0 atom stereocenters. The molecule has 1 aliphatic heterocycles. The molecule has 176 valence electrons. The van der Waals surface area contributed by atoms with Crippen LogP contribution < -0.4 is 4.90 Å². The van der Waals surface area contributed by atoms with Gasteiger partial charge in [-0.2, -0.15) is 0 Å². The third-order valence-electron chi connectivity index (χ3n) is 5.65. The normalized spacial score (nSPS) is 12.2. The molecule has 3 heterocycles. The fraction of sp³-hybridized carbons (Fsp3) is 0.0370. The molecule has 0 unspecified atom stereocenters. The molecule has 3 aromatic carbocycles. The van der Waals surface area contributed by atoms with Crippen LogP contribution in [-0.4, -0.2) is 31.4 Å². The molecule has 6 rings (SSSR count). The molecule has 0 fully saturated rings. The average molecular weight is 528 g/mol.